The first-order valence-corrected chi connectivity index (χ1v) is 6.53. The topological polar surface area (TPSA) is 98.2 Å². The third-order valence-electron chi connectivity index (χ3n) is 4.25. The highest BCUT2D eigenvalue weighted by molar-refractivity contribution is 5.68. The smallest absolute Gasteiger partial charge is 0.353 e. The summed E-state index contributed by atoms with van der Waals surface area (Å²) in [7, 11) is 0. The first-order chi connectivity index (χ1) is 9.03. The molecule has 104 valence electrons. The molecule has 0 bridgehead atoms. The zero-order valence-corrected chi connectivity index (χ0v) is 11.3. The van der Waals surface area contributed by atoms with Crippen LogP contribution >= 0.6 is 0 Å². The molecule has 0 spiro atoms. The number of anilines is 2. The van der Waals surface area contributed by atoms with E-state index in [1.54, 1.807) is 0 Å². The molecule has 1 aromatic heterocycles. The minimum atomic E-state index is -0.497. The van der Waals surface area contributed by atoms with Crippen LogP contribution in [0.1, 0.15) is 33.1 Å². The number of nitrogens with zero attached hydrogens (tertiary/aromatic N) is 4. The summed E-state index contributed by atoms with van der Waals surface area (Å²) in [6.45, 7) is 5.89. The lowest BCUT2D eigenvalue weighted by molar-refractivity contribution is -0.383. The number of aromatic nitrogens is 2. The molecule has 2 N–H and O–H groups in total. The van der Waals surface area contributed by atoms with Gasteiger partial charge < -0.3 is 10.6 Å². The maximum atomic E-state index is 11.1. The van der Waals surface area contributed by atoms with Crippen molar-refractivity contribution in [3.63, 3.8) is 0 Å². The second kappa shape index (κ2) is 4.99. The lowest BCUT2D eigenvalue weighted by Gasteiger charge is -2.26. The monoisotopic (exact) mass is 265 g/mol. The Kier molecular flexibility index (Phi) is 3.55. The van der Waals surface area contributed by atoms with Crippen molar-refractivity contribution in [3.05, 3.63) is 16.4 Å². The van der Waals surface area contributed by atoms with Gasteiger partial charge in [-0.25, -0.2) is 9.97 Å². The molecule has 1 aromatic rings. The number of hydrogen-bond acceptors (Lipinski definition) is 6. The largest absolute Gasteiger partial charge is 0.378 e. The van der Waals surface area contributed by atoms with Crippen LogP contribution in [-0.4, -0.2) is 28.0 Å². The maximum Gasteiger partial charge on any atom is 0.353 e. The second-order valence-electron chi connectivity index (χ2n) is 5.07. The average molecular weight is 265 g/mol. The standard InChI is InChI=1S/C12H19N5O2/c1-3-12(4-2)5-6-16(7-12)11-9(17(18)19)10(13)14-8-15-11/h8H,3-7H2,1-2H3,(H2,13,14,15). The van der Waals surface area contributed by atoms with Gasteiger partial charge in [0.15, 0.2) is 0 Å². The molecule has 0 unspecified atom stereocenters. The van der Waals surface area contributed by atoms with E-state index in [1.807, 2.05) is 4.90 Å². The molecule has 7 nitrogen and oxygen atoms in total. The van der Waals surface area contributed by atoms with Gasteiger partial charge in [0.05, 0.1) is 4.92 Å². The Morgan fingerprint density at radius 2 is 2.16 bits per heavy atom. The summed E-state index contributed by atoms with van der Waals surface area (Å²) < 4.78 is 0. The Morgan fingerprint density at radius 1 is 1.47 bits per heavy atom. The Bertz CT molecular complexity index is 487. The first-order valence-electron chi connectivity index (χ1n) is 6.53. The summed E-state index contributed by atoms with van der Waals surface area (Å²) in [5.41, 5.74) is 5.66. The lowest BCUT2D eigenvalue weighted by atomic mass is 9.82. The van der Waals surface area contributed by atoms with E-state index in [4.69, 9.17) is 5.73 Å². The molecule has 7 heteroatoms. The molecule has 1 aliphatic heterocycles. The van der Waals surface area contributed by atoms with Gasteiger partial charge in [-0.1, -0.05) is 13.8 Å². The minimum Gasteiger partial charge on any atom is -0.378 e. The van der Waals surface area contributed by atoms with Crippen molar-refractivity contribution in [2.24, 2.45) is 5.41 Å². The minimum absolute atomic E-state index is 0.0690. The SMILES string of the molecule is CCC1(CC)CCN(c2ncnc(N)c2[N+](=O)[O-])C1. The van der Waals surface area contributed by atoms with Crippen molar-refractivity contribution in [3.8, 4) is 0 Å². The molecule has 2 rings (SSSR count). The van der Waals surface area contributed by atoms with Gasteiger partial charge >= 0.3 is 5.69 Å². The molecule has 19 heavy (non-hydrogen) atoms. The van der Waals surface area contributed by atoms with Gasteiger partial charge in [0.1, 0.15) is 6.33 Å². The Balaban J connectivity index is 2.34. The van der Waals surface area contributed by atoms with E-state index in [9.17, 15) is 10.1 Å². The average Bonchev–Trinajstić information content (AvgIpc) is 2.83. The van der Waals surface area contributed by atoms with Crippen LogP contribution in [0.4, 0.5) is 17.3 Å². The van der Waals surface area contributed by atoms with Gasteiger partial charge in [0.25, 0.3) is 0 Å². The summed E-state index contributed by atoms with van der Waals surface area (Å²) in [5.74, 6) is 0.279. The Morgan fingerprint density at radius 3 is 2.68 bits per heavy atom. The molecule has 0 radical (unpaired) electrons. The zero-order valence-electron chi connectivity index (χ0n) is 11.3. The predicted octanol–water partition coefficient (Wildman–Crippen LogP) is 1.98. The molecule has 0 aliphatic carbocycles. The van der Waals surface area contributed by atoms with Crippen molar-refractivity contribution in [1.82, 2.24) is 9.97 Å². The highest BCUT2D eigenvalue weighted by Gasteiger charge is 2.38. The van der Waals surface area contributed by atoms with Crippen molar-refractivity contribution < 1.29 is 4.92 Å². The van der Waals surface area contributed by atoms with Crippen LogP contribution in [0.3, 0.4) is 0 Å². The molecule has 0 saturated carbocycles. The quantitative estimate of drug-likeness (QED) is 0.660. The molecule has 0 amide bonds. The van der Waals surface area contributed by atoms with Crippen LogP contribution in [0.5, 0.6) is 0 Å². The molecule has 1 fully saturated rings. The normalized spacial score (nSPS) is 17.7. The highest BCUT2D eigenvalue weighted by Crippen LogP contribution is 2.41. The van der Waals surface area contributed by atoms with E-state index >= 15 is 0 Å². The van der Waals surface area contributed by atoms with E-state index < -0.39 is 4.92 Å². The van der Waals surface area contributed by atoms with Crippen molar-refractivity contribution in [2.45, 2.75) is 33.1 Å². The molecular weight excluding hydrogens is 246 g/mol. The molecule has 1 aliphatic rings. The van der Waals surface area contributed by atoms with Crippen molar-refractivity contribution in [1.29, 1.82) is 0 Å². The van der Waals surface area contributed by atoms with Crippen LogP contribution in [0, 0.1) is 15.5 Å². The maximum absolute atomic E-state index is 11.1. The number of nitrogen functional groups attached to an aromatic ring is 1. The van der Waals surface area contributed by atoms with Crippen LogP contribution in [0.15, 0.2) is 6.33 Å². The highest BCUT2D eigenvalue weighted by atomic mass is 16.6. The summed E-state index contributed by atoms with van der Waals surface area (Å²) in [6.07, 6.45) is 4.44. The van der Waals surface area contributed by atoms with Crippen LogP contribution in [-0.2, 0) is 0 Å². The van der Waals surface area contributed by atoms with Crippen LogP contribution < -0.4 is 10.6 Å². The fourth-order valence-corrected chi connectivity index (χ4v) is 2.73. The first kappa shape index (κ1) is 13.5. The second-order valence-corrected chi connectivity index (χ2v) is 5.07. The van der Waals surface area contributed by atoms with E-state index in [-0.39, 0.29) is 16.9 Å². The Labute approximate surface area is 112 Å². The molecule has 0 aromatic carbocycles. The third-order valence-corrected chi connectivity index (χ3v) is 4.25. The fourth-order valence-electron chi connectivity index (χ4n) is 2.73. The zero-order chi connectivity index (χ0) is 14.0. The fraction of sp³-hybridized carbons (Fsp3) is 0.667. The molecular formula is C12H19N5O2. The summed E-state index contributed by atoms with van der Waals surface area (Å²) in [5, 5.41) is 11.1. The van der Waals surface area contributed by atoms with Gasteiger partial charge in [0.2, 0.25) is 11.6 Å². The summed E-state index contributed by atoms with van der Waals surface area (Å²) >= 11 is 0. The van der Waals surface area contributed by atoms with Gasteiger partial charge in [-0.3, -0.25) is 10.1 Å². The number of rotatable bonds is 4. The third kappa shape index (κ3) is 2.32. The van der Waals surface area contributed by atoms with E-state index in [1.165, 1.54) is 6.33 Å². The van der Waals surface area contributed by atoms with Crippen molar-refractivity contribution in [2.75, 3.05) is 23.7 Å². The molecule has 1 saturated heterocycles. The predicted molar refractivity (Wildman–Crippen MR) is 72.9 cm³/mol. The van der Waals surface area contributed by atoms with Crippen molar-refractivity contribution >= 4 is 17.3 Å². The number of nitro groups is 1. The molecule has 0 atom stereocenters. The van der Waals surface area contributed by atoms with Crippen LogP contribution in [0.25, 0.3) is 0 Å². The summed E-state index contributed by atoms with van der Waals surface area (Å²) in [6, 6.07) is 0. The van der Waals surface area contributed by atoms with Gasteiger partial charge in [-0.15, -0.1) is 0 Å². The van der Waals surface area contributed by atoms with Gasteiger partial charge in [-0.05, 0) is 24.7 Å². The van der Waals surface area contributed by atoms with Gasteiger partial charge in [0, 0.05) is 13.1 Å². The van der Waals surface area contributed by atoms with Crippen LogP contribution in [0.2, 0.25) is 0 Å². The molecule has 2 heterocycles. The number of hydrogen-bond donors (Lipinski definition) is 1. The lowest BCUT2D eigenvalue weighted by Crippen LogP contribution is -2.27. The van der Waals surface area contributed by atoms with Gasteiger partial charge in [-0.2, -0.15) is 0 Å². The van der Waals surface area contributed by atoms with E-state index in [2.05, 4.69) is 23.8 Å². The van der Waals surface area contributed by atoms with E-state index in [0.29, 0.717) is 5.82 Å². The summed E-state index contributed by atoms with van der Waals surface area (Å²) in [4.78, 5) is 20.4. The van der Waals surface area contributed by atoms with E-state index in [0.717, 1.165) is 32.4 Å². The Hall–Kier alpha value is -1.92. The number of nitrogens with two attached hydrogens (primary N) is 1.